The van der Waals surface area contributed by atoms with Gasteiger partial charge in [-0.15, -0.1) is 0 Å². The van der Waals surface area contributed by atoms with E-state index >= 15 is 0 Å². The van der Waals surface area contributed by atoms with Gasteiger partial charge >= 0.3 is 0 Å². The van der Waals surface area contributed by atoms with Crippen LogP contribution >= 0.6 is 15.9 Å². The molecule has 0 saturated carbocycles. The number of anilines is 2. The van der Waals surface area contributed by atoms with E-state index in [1.165, 1.54) is 0 Å². The zero-order valence-electron chi connectivity index (χ0n) is 7.22. The SMILES string of the molecule is Nc1cc(Br)c(N2CCNCC2)o1. The van der Waals surface area contributed by atoms with Gasteiger partial charge in [0.25, 0.3) is 0 Å². The largest absolute Gasteiger partial charge is 0.424 e. The van der Waals surface area contributed by atoms with Crippen molar-refractivity contribution in [2.24, 2.45) is 0 Å². The summed E-state index contributed by atoms with van der Waals surface area (Å²) >= 11 is 3.42. The Bertz CT molecular complexity index is 294. The summed E-state index contributed by atoms with van der Waals surface area (Å²) in [6, 6.07) is 1.79. The Kier molecular flexibility index (Phi) is 2.46. The van der Waals surface area contributed by atoms with E-state index in [0.29, 0.717) is 5.88 Å². The minimum absolute atomic E-state index is 0.459. The molecule has 0 bridgehead atoms. The third-order valence-corrected chi connectivity index (χ3v) is 2.66. The predicted octanol–water partition coefficient (Wildman–Crippen LogP) is 1.03. The van der Waals surface area contributed by atoms with Gasteiger partial charge in [0.05, 0.1) is 4.47 Å². The lowest BCUT2D eigenvalue weighted by Crippen LogP contribution is -2.43. The molecule has 3 N–H and O–H groups in total. The van der Waals surface area contributed by atoms with Crippen LogP contribution in [0.25, 0.3) is 0 Å². The monoisotopic (exact) mass is 245 g/mol. The lowest BCUT2D eigenvalue weighted by Gasteiger charge is -2.27. The van der Waals surface area contributed by atoms with Gasteiger partial charge in [0.1, 0.15) is 0 Å². The number of furan rings is 1. The number of halogens is 1. The summed E-state index contributed by atoms with van der Waals surface area (Å²) in [5, 5.41) is 3.28. The van der Waals surface area contributed by atoms with Crippen molar-refractivity contribution in [2.75, 3.05) is 36.8 Å². The van der Waals surface area contributed by atoms with Crippen molar-refractivity contribution in [3.63, 3.8) is 0 Å². The van der Waals surface area contributed by atoms with E-state index in [9.17, 15) is 0 Å². The molecule has 1 aromatic rings. The van der Waals surface area contributed by atoms with Gasteiger partial charge in [-0.3, -0.25) is 0 Å². The van der Waals surface area contributed by atoms with Crippen molar-refractivity contribution < 1.29 is 4.42 Å². The lowest BCUT2D eigenvalue weighted by atomic mass is 10.4. The first kappa shape index (κ1) is 8.90. The Morgan fingerprint density at radius 1 is 1.46 bits per heavy atom. The van der Waals surface area contributed by atoms with E-state index in [2.05, 4.69) is 26.1 Å². The first-order valence-corrected chi connectivity index (χ1v) is 5.07. The van der Waals surface area contributed by atoms with E-state index in [1.54, 1.807) is 6.07 Å². The molecular weight excluding hydrogens is 234 g/mol. The molecule has 4 nitrogen and oxygen atoms in total. The van der Waals surface area contributed by atoms with Crippen LogP contribution in [0.5, 0.6) is 0 Å². The molecule has 2 heterocycles. The molecule has 1 aromatic heterocycles. The van der Waals surface area contributed by atoms with Crippen LogP contribution in [0.3, 0.4) is 0 Å². The summed E-state index contributed by atoms with van der Waals surface area (Å²) in [4.78, 5) is 2.18. The smallest absolute Gasteiger partial charge is 0.212 e. The van der Waals surface area contributed by atoms with Crippen LogP contribution < -0.4 is 16.0 Å². The Morgan fingerprint density at radius 3 is 2.69 bits per heavy atom. The quantitative estimate of drug-likeness (QED) is 0.777. The van der Waals surface area contributed by atoms with Gasteiger partial charge in [-0.05, 0) is 15.9 Å². The molecule has 1 aliphatic heterocycles. The Morgan fingerprint density at radius 2 is 2.15 bits per heavy atom. The number of hydrogen-bond donors (Lipinski definition) is 2. The zero-order valence-corrected chi connectivity index (χ0v) is 8.80. The fraction of sp³-hybridized carbons (Fsp3) is 0.500. The first-order chi connectivity index (χ1) is 6.27. The van der Waals surface area contributed by atoms with Gasteiger partial charge in [-0.25, -0.2) is 0 Å². The maximum atomic E-state index is 5.55. The molecule has 0 atom stereocenters. The Balaban J connectivity index is 2.18. The molecule has 0 aromatic carbocycles. The van der Waals surface area contributed by atoms with Gasteiger partial charge in [-0.2, -0.15) is 0 Å². The summed E-state index contributed by atoms with van der Waals surface area (Å²) in [6.07, 6.45) is 0. The molecule has 0 radical (unpaired) electrons. The van der Waals surface area contributed by atoms with Crippen LogP contribution in [0.4, 0.5) is 11.8 Å². The highest BCUT2D eigenvalue weighted by molar-refractivity contribution is 9.10. The van der Waals surface area contributed by atoms with Gasteiger partial charge < -0.3 is 20.4 Å². The highest BCUT2D eigenvalue weighted by atomic mass is 79.9. The lowest BCUT2D eigenvalue weighted by molar-refractivity contribution is 0.515. The van der Waals surface area contributed by atoms with Gasteiger partial charge in [0.15, 0.2) is 5.88 Å². The van der Waals surface area contributed by atoms with Crippen LogP contribution in [0, 0.1) is 0 Å². The molecule has 0 spiro atoms. The third-order valence-electron chi connectivity index (χ3n) is 2.09. The normalized spacial score (nSPS) is 17.8. The van der Waals surface area contributed by atoms with Crippen LogP contribution in [0.15, 0.2) is 15.0 Å². The minimum Gasteiger partial charge on any atom is -0.424 e. The van der Waals surface area contributed by atoms with Gasteiger partial charge in [0.2, 0.25) is 5.88 Å². The van der Waals surface area contributed by atoms with E-state index < -0.39 is 0 Å². The van der Waals surface area contributed by atoms with E-state index in [4.69, 9.17) is 10.2 Å². The van der Waals surface area contributed by atoms with Gasteiger partial charge in [0, 0.05) is 32.2 Å². The minimum atomic E-state index is 0.459. The summed E-state index contributed by atoms with van der Waals surface area (Å²) in [7, 11) is 0. The van der Waals surface area contributed by atoms with E-state index in [1.807, 2.05) is 0 Å². The number of piperazine rings is 1. The number of nitrogens with two attached hydrogens (primary N) is 1. The van der Waals surface area contributed by atoms with Gasteiger partial charge in [-0.1, -0.05) is 0 Å². The molecule has 5 heteroatoms. The standard InChI is InChI=1S/C8H12BrN3O/c9-6-5-7(10)13-8(6)12-3-1-11-2-4-12/h5,11H,1-4,10H2. The van der Waals surface area contributed by atoms with Crippen molar-refractivity contribution in [3.05, 3.63) is 10.5 Å². The number of nitrogens with one attached hydrogen (secondary N) is 1. The number of nitrogens with zero attached hydrogens (tertiary/aromatic N) is 1. The third kappa shape index (κ3) is 1.81. The van der Waals surface area contributed by atoms with E-state index in [0.717, 1.165) is 36.5 Å². The fourth-order valence-corrected chi connectivity index (χ4v) is 2.02. The molecule has 2 rings (SSSR count). The highest BCUT2D eigenvalue weighted by Crippen LogP contribution is 2.31. The average Bonchev–Trinajstić information content (AvgIpc) is 2.47. The maximum absolute atomic E-state index is 5.55. The van der Waals surface area contributed by atoms with Crippen LogP contribution in [0.2, 0.25) is 0 Å². The molecular formula is C8H12BrN3O. The number of nitrogen functional groups attached to an aromatic ring is 1. The fourth-order valence-electron chi connectivity index (χ4n) is 1.46. The van der Waals surface area contributed by atoms with E-state index in [-0.39, 0.29) is 0 Å². The first-order valence-electron chi connectivity index (χ1n) is 4.28. The number of hydrogen-bond acceptors (Lipinski definition) is 4. The summed E-state index contributed by atoms with van der Waals surface area (Å²) in [6.45, 7) is 3.91. The van der Waals surface area contributed by atoms with Crippen LogP contribution in [0.1, 0.15) is 0 Å². The Hall–Kier alpha value is -0.680. The predicted molar refractivity (Wildman–Crippen MR) is 55.9 cm³/mol. The van der Waals surface area contributed by atoms with Crippen molar-refractivity contribution in [1.82, 2.24) is 5.32 Å². The number of rotatable bonds is 1. The zero-order chi connectivity index (χ0) is 9.26. The molecule has 0 aliphatic carbocycles. The summed E-state index contributed by atoms with van der Waals surface area (Å²) in [5.74, 6) is 1.31. The average molecular weight is 246 g/mol. The highest BCUT2D eigenvalue weighted by Gasteiger charge is 2.17. The van der Waals surface area contributed by atoms with Crippen LogP contribution in [-0.2, 0) is 0 Å². The van der Waals surface area contributed by atoms with Crippen LogP contribution in [-0.4, -0.2) is 26.2 Å². The molecule has 0 amide bonds. The molecule has 1 saturated heterocycles. The summed E-state index contributed by atoms with van der Waals surface area (Å²) in [5.41, 5.74) is 5.55. The summed E-state index contributed by atoms with van der Waals surface area (Å²) < 4.78 is 6.32. The molecule has 1 aliphatic rings. The molecule has 72 valence electrons. The molecule has 13 heavy (non-hydrogen) atoms. The van der Waals surface area contributed by atoms with Crippen molar-refractivity contribution in [2.45, 2.75) is 0 Å². The second-order valence-electron chi connectivity index (χ2n) is 3.04. The maximum Gasteiger partial charge on any atom is 0.212 e. The second kappa shape index (κ2) is 3.59. The topological polar surface area (TPSA) is 54.4 Å². The Labute approximate surface area is 85.2 Å². The van der Waals surface area contributed by atoms with Crippen molar-refractivity contribution in [3.8, 4) is 0 Å². The second-order valence-corrected chi connectivity index (χ2v) is 3.89. The molecule has 1 fully saturated rings. The van der Waals surface area contributed by atoms with Crippen molar-refractivity contribution >= 4 is 27.7 Å². The molecule has 0 unspecified atom stereocenters. The van der Waals surface area contributed by atoms with Crippen molar-refractivity contribution in [1.29, 1.82) is 0 Å².